The highest BCUT2D eigenvalue weighted by molar-refractivity contribution is 6.03. The minimum atomic E-state index is -4.90. The maximum absolute atomic E-state index is 11.6. The molecule has 0 saturated heterocycles. The van der Waals surface area contributed by atoms with Gasteiger partial charge in [-0.05, 0) is 13.8 Å². The summed E-state index contributed by atoms with van der Waals surface area (Å²) in [7, 11) is 0. The quantitative estimate of drug-likeness (QED) is 0.583. The molecule has 0 bridgehead atoms. The maximum Gasteiger partial charge on any atom is 0.450 e. The summed E-state index contributed by atoms with van der Waals surface area (Å²) in [4.78, 5) is 20.6. The topological polar surface area (TPSA) is 34.1 Å². The van der Waals surface area contributed by atoms with Crippen LogP contribution in [-0.4, -0.2) is 17.7 Å². The van der Waals surface area contributed by atoms with Crippen LogP contribution in [0.4, 0.5) is 13.2 Å². The van der Waals surface area contributed by atoms with Crippen molar-refractivity contribution in [3.63, 3.8) is 0 Å². The lowest BCUT2D eigenvalue weighted by Gasteiger charge is -2.08. The summed E-state index contributed by atoms with van der Waals surface area (Å²) in [6.07, 6.45) is -4.90. The third kappa shape index (κ3) is 2.69. The van der Waals surface area contributed by atoms with Crippen LogP contribution in [0.3, 0.4) is 0 Å². The highest BCUT2D eigenvalue weighted by atomic mass is 19.4. The van der Waals surface area contributed by atoms with Gasteiger partial charge in [-0.15, -0.1) is 0 Å². The van der Waals surface area contributed by atoms with Crippen molar-refractivity contribution in [1.29, 1.82) is 0 Å². The Bertz CT molecular complexity index is 183. The molecule has 2 nitrogen and oxygen atoms in total. The van der Waals surface area contributed by atoms with Gasteiger partial charge in [0.05, 0.1) is 5.92 Å². The highest BCUT2D eigenvalue weighted by Crippen LogP contribution is 2.20. The van der Waals surface area contributed by atoms with E-state index in [9.17, 15) is 22.8 Å². The van der Waals surface area contributed by atoms with Gasteiger partial charge in [-0.3, -0.25) is 9.59 Å². The van der Waals surface area contributed by atoms with Crippen LogP contribution in [0.2, 0.25) is 0 Å². The Hall–Kier alpha value is -0.870. The average Bonchev–Trinajstić information content (AvgIpc) is 1.82. The number of ketones is 2. The maximum atomic E-state index is 11.6. The first-order valence-corrected chi connectivity index (χ1v) is 2.88. The van der Waals surface area contributed by atoms with E-state index < -0.39 is 23.7 Å². The Kier molecular flexibility index (Phi) is 2.78. The average molecular weight is 168 g/mol. The first kappa shape index (κ1) is 10.1. The Labute approximate surface area is 61.4 Å². The van der Waals surface area contributed by atoms with Gasteiger partial charge in [-0.25, -0.2) is 0 Å². The Morgan fingerprint density at radius 2 is 1.64 bits per heavy atom. The SMILES string of the molecule is CC(=O)C(C)C(=O)C(F)(F)F. The lowest BCUT2D eigenvalue weighted by atomic mass is 10.0. The van der Waals surface area contributed by atoms with Crippen LogP contribution in [0.1, 0.15) is 13.8 Å². The van der Waals surface area contributed by atoms with Crippen molar-refractivity contribution in [1.82, 2.24) is 0 Å². The van der Waals surface area contributed by atoms with E-state index in [0.29, 0.717) is 0 Å². The van der Waals surface area contributed by atoms with Crippen molar-refractivity contribution < 1.29 is 22.8 Å². The summed E-state index contributed by atoms with van der Waals surface area (Å²) in [5.74, 6) is -4.33. The van der Waals surface area contributed by atoms with Gasteiger partial charge < -0.3 is 0 Å². The van der Waals surface area contributed by atoms with Crippen LogP contribution in [-0.2, 0) is 9.59 Å². The van der Waals surface area contributed by atoms with E-state index >= 15 is 0 Å². The standard InChI is InChI=1S/C6H7F3O2/c1-3(4(2)10)5(11)6(7,8)9/h3H,1-2H3. The van der Waals surface area contributed by atoms with E-state index in [2.05, 4.69) is 0 Å². The molecule has 0 aromatic carbocycles. The van der Waals surface area contributed by atoms with Crippen LogP contribution >= 0.6 is 0 Å². The minimum Gasteiger partial charge on any atom is -0.299 e. The number of carbonyl (C=O) groups excluding carboxylic acids is 2. The molecular formula is C6H7F3O2. The molecule has 0 aliphatic heterocycles. The van der Waals surface area contributed by atoms with Gasteiger partial charge in [0.2, 0.25) is 5.78 Å². The zero-order valence-corrected chi connectivity index (χ0v) is 6.03. The van der Waals surface area contributed by atoms with Gasteiger partial charge in [0, 0.05) is 0 Å². The summed E-state index contributed by atoms with van der Waals surface area (Å²) in [5.41, 5.74) is 0. The number of alkyl halides is 3. The minimum absolute atomic E-state index is 0.771. The first-order chi connectivity index (χ1) is 4.76. The van der Waals surface area contributed by atoms with E-state index in [-0.39, 0.29) is 0 Å². The number of Topliss-reactive ketones (excluding diaryl/α,β-unsaturated/α-hetero) is 2. The van der Waals surface area contributed by atoms with Crippen molar-refractivity contribution in [2.24, 2.45) is 5.92 Å². The molecule has 64 valence electrons. The molecule has 0 spiro atoms. The Morgan fingerprint density at radius 3 is 1.73 bits per heavy atom. The second-order valence-corrected chi connectivity index (χ2v) is 2.19. The lowest BCUT2D eigenvalue weighted by Crippen LogP contribution is -2.32. The second kappa shape index (κ2) is 3.02. The van der Waals surface area contributed by atoms with Gasteiger partial charge in [-0.1, -0.05) is 0 Å². The Balaban J connectivity index is 4.39. The van der Waals surface area contributed by atoms with E-state index in [1.54, 1.807) is 0 Å². The predicted octanol–water partition coefficient (Wildman–Crippen LogP) is 1.34. The van der Waals surface area contributed by atoms with Crippen LogP contribution in [0.25, 0.3) is 0 Å². The number of carbonyl (C=O) groups is 2. The third-order valence-electron chi connectivity index (χ3n) is 1.28. The van der Waals surface area contributed by atoms with Crippen molar-refractivity contribution in [2.75, 3.05) is 0 Å². The van der Waals surface area contributed by atoms with Gasteiger partial charge >= 0.3 is 6.18 Å². The molecule has 11 heavy (non-hydrogen) atoms. The molecule has 0 saturated carbocycles. The van der Waals surface area contributed by atoms with Gasteiger partial charge in [0.25, 0.3) is 0 Å². The molecule has 0 amide bonds. The summed E-state index contributed by atoms with van der Waals surface area (Å²) < 4.78 is 34.7. The van der Waals surface area contributed by atoms with E-state index in [1.807, 2.05) is 0 Å². The summed E-state index contributed by atoms with van der Waals surface area (Å²) in [6.45, 7) is 1.90. The Morgan fingerprint density at radius 1 is 1.27 bits per heavy atom. The van der Waals surface area contributed by atoms with Crippen LogP contribution in [0.5, 0.6) is 0 Å². The molecule has 0 aromatic rings. The monoisotopic (exact) mass is 168 g/mol. The van der Waals surface area contributed by atoms with Crippen LogP contribution < -0.4 is 0 Å². The summed E-state index contributed by atoms with van der Waals surface area (Å²) in [5, 5.41) is 0. The van der Waals surface area contributed by atoms with Gasteiger partial charge in [0.1, 0.15) is 5.78 Å². The normalized spacial score (nSPS) is 14.3. The van der Waals surface area contributed by atoms with E-state index in [4.69, 9.17) is 0 Å². The molecule has 5 heteroatoms. The molecule has 0 radical (unpaired) electrons. The smallest absolute Gasteiger partial charge is 0.299 e. The fraction of sp³-hybridized carbons (Fsp3) is 0.667. The van der Waals surface area contributed by atoms with Crippen LogP contribution in [0.15, 0.2) is 0 Å². The molecule has 0 heterocycles. The van der Waals surface area contributed by atoms with Crippen molar-refractivity contribution in [2.45, 2.75) is 20.0 Å². The highest BCUT2D eigenvalue weighted by Gasteiger charge is 2.42. The van der Waals surface area contributed by atoms with Crippen LogP contribution in [0, 0.1) is 5.92 Å². The second-order valence-electron chi connectivity index (χ2n) is 2.19. The zero-order chi connectivity index (χ0) is 9.23. The lowest BCUT2D eigenvalue weighted by molar-refractivity contribution is -0.175. The fourth-order valence-corrected chi connectivity index (χ4v) is 0.430. The number of hydrogen-bond donors (Lipinski definition) is 0. The van der Waals surface area contributed by atoms with Crippen molar-refractivity contribution >= 4 is 11.6 Å². The molecule has 1 unspecified atom stereocenters. The van der Waals surface area contributed by atoms with Crippen molar-refractivity contribution in [3.8, 4) is 0 Å². The summed E-state index contributed by atoms with van der Waals surface area (Å²) in [6, 6.07) is 0. The molecule has 0 aliphatic carbocycles. The number of hydrogen-bond acceptors (Lipinski definition) is 2. The molecule has 0 rings (SSSR count). The molecule has 0 aliphatic rings. The van der Waals surface area contributed by atoms with E-state index in [0.717, 1.165) is 13.8 Å². The predicted molar refractivity (Wildman–Crippen MR) is 30.9 cm³/mol. The van der Waals surface area contributed by atoms with E-state index in [1.165, 1.54) is 0 Å². The summed E-state index contributed by atoms with van der Waals surface area (Å²) >= 11 is 0. The number of rotatable bonds is 2. The molecule has 0 aromatic heterocycles. The zero-order valence-electron chi connectivity index (χ0n) is 6.03. The molecule has 1 atom stereocenters. The molecular weight excluding hydrogens is 161 g/mol. The third-order valence-corrected chi connectivity index (χ3v) is 1.28. The fourth-order valence-electron chi connectivity index (χ4n) is 0.430. The first-order valence-electron chi connectivity index (χ1n) is 2.88. The largest absolute Gasteiger partial charge is 0.450 e. The van der Waals surface area contributed by atoms with Gasteiger partial charge in [0.15, 0.2) is 0 Å². The van der Waals surface area contributed by atoms with Gasteiger partial charge in [-0.2, -0.15) is 13.2 Å². The van der Waals surface area contributed by atoms with Crippen molar-refractivity contribution in [3.05, 3.63) is 0 Å². The molecule has 0 N–H and O–H groups in total. The number of halogens is 3. The molecule has 0 fully saturated rings.